The van der Waals surface area contributed by atoms with Crippen molar-refractivity contribution in [2.24, 2.45) is 0 Å². The Morgan fingerprint density at radius 2 is 1.69 bits per heavy atom. The maximum Gasteiger partial charge on any atom is 0.338 e. The zero-order chi connectivity index (χ0) is 21.6. The molecule has 0 saturated heterocycles. The van der Waals surface area contributed by atoms with Gasteiger partial charge in [0.2, 0.25) is 0 Å². The SMILES string of the molecule is CC(C)(C)OC(=O)CC(=O)c1cc(C(=O)OCc2ccccc2)ccc1[N+](=O)[O-]. The predicted octanol–water partition coefficient (Wildman–Crippen LogP) is 3.87. The molecule has 0 unspecified atom stereocenters. The van der Waals surface area contributed by atoms with Gasteiger partial charge in [-0.05, 0) is 38.5 Å². The minimum atomic E-state index is -0.816. The van der Waals surface area contributed by atoms with Crippen molar-refractivity contribution in [1.82, 2.24) is 0 Å². The average molecular weight is 399 g/mol. The van der Waals surface area contributed by atoms with Gasteiger partial charge >= 0.3 is 11.9 Å². The fraction of sp³-hybridized carbons (Fsp3) is 0.286. The van der Waals surface area contributed by atoms with Gasteiger partial charge in [-0.2, -0.15) is 0 Å². The lowest BCUT2D eigenvalue weighted by atomic mass is 10.0. The molecule has 0 aliphatic heterocycles. The molecule has 0 bridgehead atoms. The van der Waals surface area contributed by atoms with Crippen molar-refractivity contribution < 1.29 is 28.8 Å². The number of nitro benzene ring substituents is 1. The fourth-order valence-corrected chi connectivity index (χ4v) is 2.46. The summed E-state index contributed by atoms with van der Waals surface area (Å²) in [6, 6.07) is 12.3. The topological polar surface area (TPSA) is 113 Å². The second-order valence-corrected chi connectivity index (χ2v) is 7.24. The van der Waals surface area contributed by atoms with Gasteiger partial charge in [0.1, 0.15) is 18.6 Å². The van der Waals surface area contributed by atoms with E-state index in [0.29, 0.717) is 0 Å². The third-order valence-corrected chi connectivity index (χ3v) is 3.67. The molecule has 29 heavy (non-hydrogen) atoms. The van der Waals surface area contributed by atoms with Crippen LogP contribution in [0.5, 0.6) is 0 Å². The van der Waals surface area contributed by atoms with Crippen LogP contribution >= 0.6 is 0 Å². The summed E-state index contributed by atoms with van der Waals surface area (Å²) >= 11 is 0. The minimum Gasteiger partial charge on any atom is -0.460 e. The second kappa shape index (κ2) is 9.09. The molecule has 0 aromatic heterocycles. The summed E-state index contributed by atoms with van der Waals surface area (Å²) in [5.41, 5.74) is -0.914. The molecule has 0 atom stereocenters. The van der Waals surface area contributed by atoms with E-state index in [0.717, 1.165) is 17.7 Å². The third-order valence-electron chi connectivity index (χ3n) is 3.67. The van der Waals surface area contributed by atoms with Crippen LogP contribution in [0.25, 0.3) is 0 Å². The molecular formula is C21H21NO7. The normalized spacial score (nSPS) is 10.9. The van der Waals surface area contributed by atoms with E-state index in [9.17, 15) is 24.5 Å². The molecule has 152 valence electrons. The van der Waals surface area contributed by atoms with Gasteiger partial charge in [-0.25, -0.2) is 4.79 Å². The molecule has 0 aliphatic rings. The first-order valence-corrected chi connectivity index (χ1v) is 8.81. The van der Waals surface area contributed by atoms with Crippen LogP contribution < -0.4 is 0 Å². The molecule has 2 aromatic carbocycles. The number of esters is 2. The average Bonchev–Trinajstić information content (AvgIpc) is 2.64. The standard InChI is InChI=1S/C21H21NO7/c1-21(2,3)29-19(24)12-18(23)16-11-15(9-10-17(16)22(26)27)20(25)28-13-14-7-5-4-6-8-14/h4-11H,12-13H2,1-3H3. The van der Waals surface area contributed by atoms with Gasteiger partial charge in [0.15, 0.2) is 5.78 Å². The van der Waals surface area contributed by atoms with E-state index >= 15 is 0 Å². The highest BCUT2D eigenvalue weighted by atomic mass is 16.6. The maximum atomic E-state index is 12.5. The summed E-state index contributed by atoms with van der Waals surface area (Å²) < 4.78 is 10.3. The number of Topliss-reactive ketones (excluding diaryl/α,β-unsaturated/α-hetero) is 1. The number of ketones is 1. The molecule has 0 aliphatic carbocycles. The van der Waals surface area contributed by atoms with Crippen LogP contribution in [0.3, 0.4) is 0 Å². The van der Waals surface area contributed by atoms with Crippen LogP contribution in [-0.4, -0.2) is 28.2 Å². The number of carbonyl (C=O) groups excluding carboxylic acids is 3. The van der Waals surface area contributed by atoms with Gasteiger partial charge in [-0.3, -0.25) is 19.7 Å². The van der Waals surface area contributed by atoms with Crippen molar-refractivity contribution in [3.05, 3.63) is 75.3 Å². The van der Waals surface area contributed by atoms with Crippen LogP contribution in [0, 0.1) is 10.1 Å². The van der Waals surface area contributed by atoms with Gasteiger partial charge in [-0.1, -0.05) is 30.3 Å². The van der Waals surface area contributed by atoms with Crippen molar-refractivity contribution in [2.45, 2.75) is 39.4 Å². The van der Waals surface area contributed by atoms with E-state index in [-0.39, 0.29) is 17.7 Å². The summed E-state index contributed by atoms with van der Waals surface area (Å²) in [6.07, 6.45) is -0.680. The Hall–Kier alpha value is -3.55. The van der Waals surface area contributed by atoms with Crippen molar-refractivity contribution in [3.8, 4) is 0 Å². The van der Waals surface area contributed by atoms with Crippen LogP contribution in [0.15, 0.2) is 48.5 Å². The Morgan fingerprint density at radius 3 is 2.28 bits per heavy atom. The predicted molar refractivity (Wildman–Crippen MR) is 103 cm³/mol. The molecule has 0 radical (unpaired) electrons. The summed E-state index contributed by atoms with van der Waals surface area (Å²) in [6.45, 7) is 4.93. The van der Waals surface area contributed by atoms with Crippen LogP contribution in [0.2, 0.25) is 0 Å². The summed E-state index contributed by atoms with van der Waals surface area (Å²) in [7, 11) is 0. The van der Waals surface area contributed by atoms with Gasteiger partial charge in [-0.15, -0.1) is 0 Å². The molecule has 0 amide bonds. The van der Waals surface area contributed by atoms with Crippen LogP contribution in [0.4, 0.5) is 5.69 Å². The van der Waals surface area contributed by atoms with Crippen LogP contribution in [-0.2, 0) is 20.9 Å². The van der Waals surface area contributed by atoms with E-state index < -0.39 is 40.4 Å². The number of nitro groups is 1. The van der Waals surface area contributed by atoms with Crippen molar-refractivity contribution in [3.63, 3.8) is 0 Å². The number of hydrogen-bond donors (Lipinski definition) is 0. The lowest BCUT2D eigenvalue weighted by Crippen LogP contribution is -2.25. The number of nitrogens with zero attached hydrogens (tertiary/aromatic N) is 1. The number of carbonyl (C=O) groups is 3. The molecule has 0 saturated carbocycles. The van der Waals surface area contributed by atoms with Gasteiger partial charge in [0.05, 0.1) is 16.1 Å². The highest BCUT2D eigenvalue weighted by Crippen LogP contribution is 2.23. The second-order valence-electron chi connectivity index (χ2n) is 7.24. The monoisotopic (exact) mass is 399 g/mol. The molecular weight excluding hydrogens is 378 g/mol. The Labute approximate surface area is 167 Å². The first-order chi connectivity index (χ1) is 13.6. The third kappa shape index (κ3) is 6.53. The quantitative estimate of drug-likeness (QED) is 0.228. The molecule has 0 heterocycles. The van der Waals surface area contributed by atoms with E-state index in [2.05, 4.69) is 0 Å². The smallest absolute Gasteiger partial charge is 0.338 e. The Morgan fingerprint density at radius 1 is 1.03 bits per heavy atom. The Bertz CT molecular complexity index is 930. The van der Waals surface area contributed by atoms with Gasteiger partial charge in [0, 0.05) is 6.07 Å². The number of benzene rings is 2. The molecule has 8 nitrogen and oxygen atoms in total. The number of hydrogen-bond acceptors (Lipinski definition) is 7. The van der Waals surface area contributed by atoms with Gasteiger partial charge in [0.25, 0.3) is 5.69 Å². The zero-order valence-electron chi connectivity index (χ0n) is 16.3. The first-order valence-electron chi connectivity index (χ1n) is 8.81. The first kappa shape index (κ1) is 21.7. The van der Waals surface area contributed by atoms with Crippen LogP contribution in [0.1, 0.15) is 53.5 Å². The molecule has 2 rings (SSSR count). The summed E-state index contributed by atoms with van der Waals surface area (Å²) in [4.78, 5) is 47.2. The number of ether oxygens (including phenoxy) is 2. The molecule has 0 spiro atoms. The molecule has 0 N–H and O–H groups in total. The highest BCUT2D eigenvalue weighted by molar-refractivity contribution is 6.09. The molecule has 8 heteroatoms. The fourth-order valence-electron chi connectivity index (χ4n) is 2.46. The highest BCUT2D eigenvalue weighted by Gasteiger charge is 2.26. The molecule has 0 fully saturated rings. The van der Waals surface area contributed by atoms with Crippen molar-refractivity contribution in [2.75, 3.05) is 0 Å². The van der Waals surface area contributed by atoms with E-state index in [1.54, 1.807) is 45.0 Å². The summed E-state index contributed by atoms with van der Waals surface area (Å²) in [5, 5.41) is 11.3. The van der Waals surface area contributed by atoms with E-state index in [4.69, 9.17) is 9.47 Å². The Kier molecular flexibility index (Phi) is 6.82. The van der Waals surface area contributed by atoms with E-state index in [1.807, 2.05) is 6.07 Å². The zero-order valence-corrected chi connectivity index (χ0v) is 16.3. The van der Waals surface area contributed by atoms with Gasteiger partial charge < -0.3 is 9.47 Å². The lowest BCUT2D eigenvalue weighted by molar-refractivity contribution is -0.385. The lowest BCUT2D eigenvalue weighted by Gasteiger charge is -2.19. The molecule has 2 aromatic rings. The van der Waals surface area contributed by atoms with Crippen molar-refractivity contribution in [1.29, 1.82) is 0 Å². The largest absolute Gasteiger partial charge is 0.460 e. The number of rotatable bonds is 7. The minimum absolute atomic E-state index is 0.0118. The summed E-state index contributed by atoms with van der Waals surface area (Å²) in [5.74, 6) is -2.37. The van der Waals surface area contributed by atoms with Crippen molar-refractivity contribution >= 4 is 23.4 Å². The maximum absolute atomic E-state index is 12.5. The Balaban J connectivity index is 2.19. The van der Waals surface area contributed by atoms with E-state index in [1.165, 1.54) is 6.07 Å².